The van der Waals surface area contributed by atoms with E-state index in [0.29, 0.717) is 48.1 Å². The Hall–Kier alpha value is -4.15. The molecule has 0 spiro atoms. The number of ether oxygens (including phenoxy) is 2. The molecule has 1 aliphatic heterocycles. The van der Waals surface area contributed by atoms with Gasteiger partial charge < -0.3 is 24.7 Å². The van der Waals surface area contributed by atoms with Crippen molar-refractivity contribution in [1.82, 2.24) is 10.3 Å². The molecule has 0 saturated carbocycles. The van der Waals surface area contributed by atoms with Gasteiger partial charge in [0.05, 0.1) is 31.5 Å². The van der Waals surface area contributed by atoms with Gasteiger partial charge in [0.2, 0.25) is 5.91 Å². The molecule has 4 rings (SSSR count). The van der Waals surface area contributed by atoms with E-state index in [1.807, 2.05) is 45.0 Å². The molecule has 10 nitrogen and oxygen atoms in total. The molecule has 2 heterocycles. The van der Waals surface area contributed by atoms with Crippen LogP contribution in [0.15, 0.2) is 41.2 Å². The van der Waals surface area contributed by atoms with Crippen molar-refractivity contribution in [3.8, 4) is 16.9 Å². The van der Waals surface area contributed by atoms with Crippen molar-refractivity contribution in [2.75, 3.05) is 43.4 Å². The highest BCUT2D eigenvalue weighted by atomic mass is 16.7. The highest BCUT2D eigenvalue weighted by Gasteiger charge is 2.26. The van der Waals surface area contributed by atoms with Crippen LogP contribution in [0, 0.1) is 20.8 Å². The van der Waals surface area contributed by atoms with Crippen LogP contribution in [0.2, 0.25) is 0 Å². The maximum atomic E-state index is 13.9. The number of nitrogens with one attached hydrogen (secondary N) is 2. The van der Waals surface area contributed by atoms with Gasteiger partial charge >= 0.3 is 0 Å². The largest absolute Gasteiger partial charge is 0.496 e. The number of carbonyl (C=O) groups excluding carboxylic acids is 2. The Morgan fingerprint density at radius 2 is 1.73 bits per heavy atom. The van der Waals surface area contributed by atoms with E-state index >= 15 is 0 Å². The zero-order chi connectivity index (χ0) is 32.0. The standard InChI is InChI=1S/C34H44N4O6/c1-8-37(27-12-14-43-15-13-27)31-19-26(25-11-10-21(3)30(18-25)38(24(6)39)44-9-2)17-28(23(31)5)33(40)35-20-29-32(42-7)16-22(4)36-34(29)41/h10-11,16-19,27H,8-9,12-15,20H2,1-7H3,(H,35,40)(H,36,41). The van der Waals surface area contributed by atoms with Gasteiger partial charge in [-0.2, -0.15) is 5.06 Å². The average Bonchev–Trinajstić information content (AvgIpc) is 3.01. The fourth-order valence-electron chi connectivity index (χ4n) is 5.79. The normalized spacial score (nSPS) is 13.4. The number of H-pyrrole nitrogens is 1. The molecule has 1 aromatic heterocycles. The molecule has 3 aromatic rings. The second-order valence-electron chi connectivity index (χ2n) is 11.0. The highest BCUT2D eigenvalue weighted by Crippen LogP contribution is 2.36. The fourth-order valence-corrected chi connectivity index (χ4v) is 5.79. The van der Waals surface area contributed by atoms with Crippen LogP contribution in [-0.2, 0) is 20.9 Å². The first kappa shape index (κ1) is 32.8. The van der Waals surface area contributed by atoms with E-state index < -0.39 is 0 Å². The summed E-state index contributed by atoms with van der Waals surface area (Å²) in [5.74, 6) is -0.108. The number of anilines is 2. The van der Waals surface area contributed by atoms with Gasteiger partial charge in [-0.05, 0) is 94.0 Å². The van der Waals surface area contributed by atoms with Crippen molar-refractivity contribution in [2.24, 2.45) is 0 Å². The van der Waals surface area contributed by atoms with Crippen LogP contribution in [0.3, 0.4) is 0 Å². The van der Waals surface area contributed by atoms with E-state index in [1.165, 1.54) is 19.1 Å². The number of benzene rings is 2. The molecule has 0 atom stereocenters. The number of hydroxylamine groups is 1. The zero-order valence-electron chi connectivity index (χ0n) is 26.8. The maximum Gasteiger partial charge on any atom is 0.256 e. The Balaban J connectivity index is 1.81. The third-order valence-corrected chi connectivity index (χ3v) is 8.09. The second kappa shape index (κ2) is 14.5. The predicted octanol–water partition coefficient (Wildman–Crippen LogP) is 5.22. The van der Waals surface area contributed by atoms with Crippen LogP contribution in [0.5, 0.6) is 5.75 Å². The van der Waals surface area contributed by atoms with Crippen LogP contribution >= 0.6 is 0 Å². The minimum Gasteiger partial charge on any atom is -0.496 e. The summed E-state index contributed by atoms with van der Waals surface area (Å²) in [7, 11) is 1.50. The van der Waals surface area contributed by atoms with Crippen LogP contribution < -0.4 is 25.6 Å². The monoisotopic (exact) mass is 604 g/mol. The molecule has 1 aliphatic rings. The molecular weight excluding hydrogens is 560 g/mol. The summed E-state index contributed by atoms with van der Waals surface area (Å²) in [5.41, 5.74) is 6.22. The van der Waals surface area contributed by atoms with E-state index in [1.54, 1.807) is 13.0 Å². The molecule has 0 aliphatic carbocycles. The molecule has 10 heteroatoms. The summed E-state index contributed by atoms with van der Waals surface area (Å²) in [6, 6.07) is 11.9. The van der Waals surface area contributed by atoms with Crippen molar-refractivity contribution in [3.05, 3.63) is 74.7 Å². The summed E-state index contributed by atoms with van der Waals surface area (Å²) in [6.07, 6.45) is 1.79. The van der Waals surface area contributed by atoms with Gasteiger partial charge in [-0.25, -0.2) is 0 Å². The molecule has 236 valence electrons. The number of aryl methyl sites for hydroxylation is 2. The number of methoxy groups -OCH3 is 1. The van der Waals surface area contributed by atoms with Crippen molar-refractivity contribution in [3.63, 3.8) is 0 Å². The van der Waals surface area contributed by atoms with Crippen LogP contribution in [0.25, 0.3) is 11.1 Å². The lowest BCUT2D eigenvalue weighted by atomic mass is 9.94. The lowest BCUT2D eigenvalue weighted by Crippen LogP contribution is -2.40. The van der Waals surface area contributed by atoms with E-state index in [9.17, 15) is 14.4 Å². The molecule has 44 heavy (non-hydrogen) atoms. The number of pyridine rings is 1. The minimum atomic E-state index is -0.304. The van der Waals surface area contributed by atoms with Crippen LogP contribution in [0.1, 0.15) is 66.4 Å². The van der Waals surface area contributed by atoms with Crippen molar-refractivity contribution < 1.29 is 23.9 Å². The summed E-state index contributed by atoms with van der Waals surface area (Å²) in [4.78, 5) is 49.8. The number of rotatable bonds is 11. The number of amides is 2. The molecule has 0 radical (unpaired) electrons. The summed E-state index contributed by atoms with van der Waals surface area (Å²) >= 11 is 0. The van der Waals surface area contributed by atoms with Crippen molar-refractivity contribution in [2.45, 2.75) is 67.0 Å². The van der Waals surface area contributed by atoms with Crippen molar-refractivity contribution in [1.29, 1.82) is 0 Å². The molecule has 2 amide bonds. The number of aromatic amines is 1. The molecule has 0 bridgehead atoms. The van der Waals surface area contributed by atoms with E-state index in [4.69, 9.17) is 14.3 Å². The lowest BCUT2D eigenvalue weighted by Gasteiger charge is -2.37. The van der Waals surface area contributed by atoms with Crippen molar-refractivity contribution >= 4 is 23.2 Å². The highest BCUT2D eigenvalue weighted by molar-refractivity contribution is 5.99. The molecule has 1 saturated heterocycles. The first-order valence-electron chi connectivity index (χ1n) is 15.2. The Labute approximate surface area is 259 Å². The molecule has 2 aromatic carbocycles. The van der Waals surface area contributed by atoms with Gasteiger partial charge in [0.15, 0.2) is 0 Å². The van der Waals surface area contributed by atoms with Crippen LogP contribution in [0.4, 0.5) is 11.4 Å². The topological polar surface area (TPSA) is 113 Å². The van der Waals surface area contributed by atoms with Gasteiger partial charge in [0, 0.05) is 49.7 Å². The quantitative estimate of drug-likeness (QED) is 0.289. The molecule has 1 fully saturated rings. The number of nitrogens with zero attached hydrogens (tertiary/aromatic N) is 2. The lowest BCUT2D eigenvalue weighted by molar-refractivity contribution is -0.123. The van der Waals surface area contributed by atoms with Gasteiger partial charge in [0.1, 0.15) is 5.75 Å². The van der Waals surface area contributed by atoms with Gasteiger partial charge in [-0.3, -0.25) is 19.2 Å². The van der Waals surface area contributed by atoms with E-state index in [-0.39, 0.29) is 30.0 Å². The first-order chi connectivity index (χ1) is 21.1. The summed E-state index contributed by atoms with van der Waals surface area (Å²) in [6.45, 7) is 13.6. The second-order valence-corrected chi connectivity index (χ2v) is 11.0. The number of hydrogen-bond acceptors (Lipinski definition) is 7. The first-order valence-corrected chi connectivity index (χ1v) is 15.2. The van der Waals surface area contributed by atoms with Crippen LogP contribution in [-0.4, -0.2) is 56.3 Å². The number of carbonyl (C=O) groups is 2. The molecule has 2 N–H and O–H groups in total. The van der Waals surface area contributed by atoms with E-state index in [0.717, 1.165) is 47.3 Å². The number of hydrogen-bond donors (Lipinski definition) is 2. The zero-order valence-corrected chi connectivity index (χ0v) is 26.8. The Morgan fingerprint density at radius 1 is 1.02 bits per heavy atom. The van der Waals surface area contributed by atoms with Gasteiger partial charge in [-0.1, -0.05) is 12.1 Å². The fraction of sp³-hybridized carbons (Fsp3) is 0.441. The maximum absolute atomic E-state index is 13.9. The Morgan fingerprint density at radius 3 is 2.36 bits per heavy atom. The third kappa shape index (κ3) is 7.14. The van der Waals surface area contributed by atoms with E-state index in [2.05, 4.69) is 28.2 Å². The predicted molar refractivity (Wildman–Crippen MR) is 173 cm³/mol. The van der Waals surface area contributed by atoms with Gasteiger partial charge in [-0.15, -0.1) is 0 Å². The minimum absolute atomic E-state index is 0.00465. The molecule has 0 unspecified atom stereocenters. The summed E-state index contributed by atoms with van der Waals surface area (Å²) in [5, 5.41) is 4.27. The van der Waals surface area contributed by atoms with Gasteiger partial charge in [0.25, 0.3) is 11.5 Å². The molecular formula is C34H44N4O6. The Kier molecular flexibility index (Phi) is 10.8. The third-order valence-electron chi connectivity index (χ3n) is 8.09. The smallest absolute Gasteiger partial charge is 0.256 e. The SMILES string of the molecule is CCON(C(C)=O)c1cc(-c2cc(C(=O)NCc3c(OC)cc(C)[nH]c3=O)c(C)c(N(CC)C3CCOCC3)c2)ccc1C. The Bertz CT molecular complexity index is 1560. The number of aromatic nitrogens is 1. The summed E-state index contributed by atoms with van der Waals surface area (Å²) < 4.78 is 11.1. The average molecular weight is 605 g/mol.